The number of hydrogen-bond acceptors (Lipinski definition) is 6. The molecule has 0 saturated carbocycles. The summed E-state index contributed by atoms with van der Waals surface area (Å²) in [5.41, 5.74) is 0.296. The van der Waals surface area contributed by atoms with Crippen LogP contribution in [0.4, 0.5) is 4.39 Å². The highest BCUT2D eigenvalue weighted by molar-refractivity contribution is 5.16. The van der Waals surface area contributed by atoms with Crippen molar-refractivity contribution in [3.8, 4) is 0 Å². The van der Waals surface area contributed by atoms with E-state index < -0.39 is 36.8 Å². The largest absolute Gasteiger partial charge is 0.394 e. The van der Waals surface area contributed by atoms with Crippen molar-refractivity contribution in [2.24, 2.45) is 0 Å². The fourth-order valence-electron chi connectivity index (χ4n) is 1.57. The highest BCUT2D eigenvalue weighted by Gasteiger charge is 2.30. The highest BCUT2D eigenvalue weighted by atomic mass is 19.1. The minimum absolute atomic E-state index is 0.102. The van der Waals surface area contributed by atoms with Crippen molar-refractivity contribution in [2.75, 3.05) is 13.2 Å². The van der Waals surface area contributed by atoms with Crippen LogP contribution in [0.15, 0.2) is 24.3 Å². The van der Waals surface area contributed by atoms with Crippen LogP contribution in [0.3, 0.4) is 0 Å². The molecule has 0 aliphatic carbocycles. The Morgan fingerprint density at radius 1 is 1.00 bits per heavy atom. The highest BCUT2D eigenvalue weighted by Crippen LogP contribution is 2.10. The van der Waals surface area contributed by atoms with Crippen molar-refractivity contribution in [3.63, 3.8) is 0 Å². The number of ether oxygens (including phenoxy) is 1. The second-order valence-corrected chi connectivity index (χ2v) is 4.40. The first-order valence-corrected chi connectivity index (χ1v) is 6.11. The maximum absolute atomic E-state index is 13.3. The Labute approximate surface area is 115 Å². The van der Waals surface area contributed by atoms with Gasteiger partial charge in [-0.3, -0.25) is 0 Å². The molecular weight excluding hydrogens is 271 g/mol. The molecule has 0 spiro atoms. The maximum atomic E-state index is 13.3. The summed E-state index contributed by atoms with van der Waals surface area (Å²) in [7, 11) is 0. The SMILES string of the molecule is OC[C@@H](O)[C@@H](O)[C@H](O)[C@H](O)COCc1ccccc1F. The molecule has 1 rings (SSSR count). The van der Waals surface area contributed by atoms with Crippen LogP contribution in [0.25, 0.3) is 0 Å². The smallest absolute Gasteiger partial charge is 0.128 e. The van der Waals surface area contributed by atoms with Crippen LogP contribution in [0.1, 0.15) is 5.56 Å². The number of halogens is 1. The van der Waals surface area contributed by atoms with E-state index in [4.69, 9.17) is 14.9 Å². The average Bonchev–Trinajstić information content (AvgIpc) is 2.46. The van der Waals surface area contributed by atoms with E-state index in [0.717, 1.165) is 0 Å². The zero-order valence-corrected chi connectivity index (χ0v) is 10.8. The molecule has 1 aromatic carbocycles. The quantitative estimate of drug-likeness (QED) is 0.410. The van der Waals surface area contributed by atoms with E-state index in [1.807, 2.05) is 0 Å². The summed E-state index contributed by atoms with van der Waals surface area (Å²) >= 11 is 0. The summed E-state index contributed by atoms with van der Waals surface area (Å²) in [4.78, 5) is 0. The molecule has 0 unspecified atom stereocenters. The van der Waals surface area contributed by atoms with E-state index in [1.165, 1.54) is 18.2 Å². The van der Waals surface area contributed by atoms with Crippen LogP contribution >= 0.6 is 0 Å². The maximum Gasteiger partial charge on any atom is 0.128 e. The summed E-state index contributed by atoms with van der Waals surface area (Å²) in [5, 5.41) is 46.2. The van der Waals surface area contributed by atoms with Gasteiger partial charge in [-0.25, -0.2) is 4.39 Å². The second-order valence-electron chi connectivity index (χ2n) is 4.40. The van der Waals surface area contributed by atoms with Gasteiger partial charge in [-0.15, -0.1) is 0 Å². The predicted molar refractivity (Wildman–Crippen MR) is 67.2 cm³/mol. The van der Waals surface area contributed by atoms with Gasteiger partial charge in [0.25, 0.3) is 0 Å². The zero-order valence-electron chi connectivity index (χ0n) is 10.8. The summed E-state index contributed by atoms with van der Waals surface area (Å²) in [6.07, 6.45) is -6.42. The van der Waals surface area contributed by atoms with Crippen LogP contribution in [0.2, 0.25) is 0 Å². The van der Waals surface area contributed by atoms with Crippen LogP contribution < -0.4 is 0 Å². The Morgan fingerprint density at radius 3 is 2.20 bits per heavy atom. The summed E-state index contributed by atoms with van der Waals surface area (Å²) < 4.78 is 18.3. The van der Waals surface area contributed by atoms with Gasteiger partial charge in [0, 0.05) is 5.56 Å². The Balaban J connectivity index is 2.40. The lowest BCUT2D eigenvalue weighted by molar-refractivity contribution is -0.130. The van der Waals surface area contributed by atoms with Crippen molar-refractivity contribution in [3.05, 3.63) is 35.6 Å². The Morgan fingerprint density at radius 2 is 1.60 bits per heavy atom. The molecule has 0 aliphatic heterocycles. The standard InChI is InChI=1S/C13H19FO6/c14-9-4-2-1-3-8(9)6-20-7-11(17)13(19)12(18)10(16)5-15/h1-4,10-13,15-19H,5-7H2/t10-,11-,12-,13-/m1/s1. The van der Waals surface area contributed by atoms with Gasteiger partial charge in [-0.1, -0.05) is 18.2 Å². The monoisotopic (exact) mass is 290 g/mol. The van der Waals surface area contributed by atoms with E-state index in [2.05, 4.69) is 0 Å². The molecule has 0 radical (unpaired) electrons. The van der Waals surface area contributed by atoms with Gasteiger partial charge in [0.2, 0.25) is 0 Å². The lowest BCUT2D eigenvalue weighted by Gasteiger charge is -2.25. The normalized spacial score (nSPS) is 17.5. The van der Waals surface area contributed by atoms with Crippen molar-refractivity contribution >= 4 is 0 Å². The van der Waals surface area contributed by atoms with Crippen LogP contribution in [0.5, 0.6) is 0 Å². The van der Waals surface area contributed by atoms with E-state index in [0.29, 0.717) is 5.56 Å². The van der Waals surface area contributed by atoms with Crippen LogP contribution in [-0.2, 0) is 11.3 Å². The fraction of sp³-hybridized carbons (Fsp3) is 0.538. The molecule has 0 saturated heterocycles. The van der Waals surface area contributed by atoms with E-state index in [-0.39, 0.29) is 13.2 Å². The third kappa shape index (κ3) is 4.78. The summed E-state index contributed by atoms with van der Waals surface area (Å²) in [6.45, 7) is -1.21. The average molecular weight is 290 g/mol. The molecule has 20 heavy (non-hydrogen) atoms. The zero-order chi connectivity index (χ0) is 15.1. The predicted octanol–water partition coefficient (Wildman–Crippen LogP) is -1.22. The van der Waals surface area contributed by atoms with Gasteiger partial charge in [0.1, 0.15) is 30.2 Å². The summed E-state index contributed by atoms with van der Waals surface area (Å²) in [6, 6.07) is 5.95. The van der Waals surface area contributed by atoms with Gasteiger partial charge >= 0.3 is 0 Å². The molecule has 0 aliphatic rings. The number of benzene rings is 1. The summed E-state index contributed by atoms with van der Waals surface area (Å²) in [5.74, 6) is -0.446. The number of hydrogen-bond donors (Lipinski definition) is 5. The second kappa shape index (κ2) is 8.25. The number of aliphatic hydroxyl groups excluding tert-OH is 5. The molecule has 0 bridgehead atoms. The van der Waals surface area contributed by atoms with Gasteiger partial charge in [-0.2, -0.15) is 0 Å². The first-order chi connectivity index (χ1) is 9.47. The molecule has 5 N–H and O–H groups in total. The minimum atomic E-state index is -1.70. The first-order valence-electron chi connectivity index (χ1n) is 6.11. The molecule has 114 valence electrons. The Bertz CT molecular complexity index is 402. The van der Waals surface area contributed by atoms with Crippen molar-refractivity contribution in [2.45, 2.75) is 31.0 Å². The van der Waals surface area contributed by atoms with Gasteiger partial charge in [0.05, 0.1) is 19.8 Å². The molecule has 0 amide bonds. The number of rotatable bonds is 8. The molecule has 0 aromatic heterocycles. The van der Waals surface area contributed by atoms with Crippen LogP contribution in [0, 0.1) is 5.82 Å². The van der Waals surface area contributed by atoms with Gasteiger partial charge in [-0.05, 0) is 6.07 Å². The van der Waals surface area contributed by atoms with Crippen molar-refractivity contribution < 1.29 is 34.7 Å². The Hall–Kier alpha value is -1.09. The molecule has 4 atom stereocenters. The molecule has 0 heterocycles. The first kappa shape index (κ1) is 17.0. The van der Waals surface area contributed by atoms with Gasteiger partial charge < -0.3 is 30.3 Å². The molecule has 7 heteroatoms. The lowest BCUT2D eigenvalue weighted by atomic mass is 10.0. The van der Waals surface area contributed by atoms with Gasteiger partial charge in [0.15, 0.2) is 0 Å². The minimum Gasteiger partial charge on any atom is -0.394 e. The molecule has 1 aromatic rings. The van der Waals surface area contributed by atoms with E-state index in [1.54, 1.807) is 6.07 Å². The lowest BCUT2D eigenvalue weighted by Crippen LogP contribution is -2.47. The number of aliphatic hydroxyl groups is 5. The van der Waals surface area contributed by atoms with Crippen LogP contribution in [-0.4, -0.2) is 63.2 Å². The molecule has 0 fully saturated rings. The fourth-order valence-corrected chi connectivity index (χ4v) is 1.57. The third-order valence-corrected chi connectivity index (χ3v) is 2.83. The van der Waals surface area contributed by atoms with Crippen molar-refractivity contribution in [1.82, 2.24) is 0 Å². The topological polar surface area (TPSA) is 110 Å². The van der Waals surface area contributed by atoms with E-state index >= 15 is 0 Å². The van der Waals surface area contributed by atoms with E-state index in [9.17, 15) is 19.7 Å². The molecule has 6 nitrogen and oxygen atoms in total. The van der Waals surface area contributed by atoms with Crippen molar-refractivity contribution in [1.29, 1.82) is 0 Å². The molecular formula is C13H19FO6. The Kier molecular flexibility index (Phi) is 7.00. The third-order valence-electron chi connectivity index (χ3n) is 2.83.